The summed E-state index contributed by atoms with van der Waals surface area (Å²) >= 11 is 9.10. The summed E-state index contributed by atoms with van der Waals surface area (Å²) in [5.74, 6) is -0.666. The second-order valence-corrected chi connectivity index (χ2v) is 6.73. The van der Waals surface area contributed by atoms with Gasteiger partial charge in [-0.1, -0.05) is 11.6 Å². The lowest BCUT2D eigenvalue weighted by molar-refractivity contribution is -0.137. The van der Waals surface area contributed by atoms with Crippen LogP contribution in [0.15, 0.2) is 39.7 Å². The maximum atomic E-state index is 12.8. The summed E-state index contributed by atoms with van der Waals surface area (Å²) in [5, 5.41) is 2.31. The molecule has 0 spiro atoms. The number of nitrogens with one attached hydrogen (secondary N) is 1. The molecule has 1 heterocycles. The second-order valence-electron chi connectivity index (χ2n) is 5.41. The molecule has 0 aliphatic carbocycles. The summed E-state index contributed by atoms with van der Waals surface area (Å²) in [6, 6.07) is 3.29. The van der Waals surface area contributed by atoms with Crippen molar-refractivity contribution in [2.75, 3.05) is 5.32 Å². The molecule has 0 saturated heterocycles. The van der Waals surface area contributed by atoms with Crippen molar-refractivity contribution in [1.29, 1.82) is 0 Å². The van der Waals surface area contributed by atoms with Crippen molar-refractivity contribution < 1.29 is 18.0 Å². The van der Waals surface area contributed by atoms with Crippen LogP contribution in [0.1, 0.15) is 24.1 Å². The van der Waals surface area contributed by atoms with Gasteiger partial charge in [0.15, 0.2) is 0 Å². The average molecular weight is 438 g/mol. The van der Waals surface area contributed by atoms with Gasteiger partial charge in [-0.05, 0) is 54.0 Å². The highest BCUT2D eigenvalue weighted by atomic mass is 79.9. The number of nitrogens with zero attached hydrogens (tertiary/aromatic N) is 1. The molecule has 2 rings (SSSR count). The van der Waals surface area contributed by atoms with Crippen molar-refractivity contribution in [2.45, 2.75) is 26.1 Å². The Kier molecular flexibility index (Phi) is 5.63. The second kappa shape index (κ2) is 7.21. The van der Waals surface area contributed by atoms with E-state index in [4.69, 9.17) is 11.6 Å². The first-order valence-electron chi connectivity index (χ1n) is 7.06. The molecule has 0 radical (unpaired) electrons. The summed E-state index contributed by atoms with van der Waals surface area (Å²) in [7, 11) is 0. The molecule has 2 aromatic rings. The van der Waals surface area contributed by atoms with Crippen molar-refractivity contribution >= 4 is 39.1 Å². The molecule has 25 heavy (non-hydrogen) atoms. The Bertz CT molecular complexity index is 881. The average Bonchev–Trinajstić information content (AvgIpc) is 2.51. The molecule has 4 nitrogen and oxygen atoms in total. The third-order valence-electron chi connectivity index (χ3n) is 3.54. The van der Waals surface area contributed by atoms with Gasteiger partial charge in [0.05, 0.1) is 16.3 Å². The fourth-order valence-electron chi connectivity index (χ4n) is 2.15. The molecule has 1 N–H and O–H groups in total. The SMILES string of the molecule is Cc1cc(Br)cn(C(C)C(=O)Nc2cc(C(F)(F)F)ccc2Cl)c1=O. The molecule has 0 bridgehead atoms. The van der Waals surface area contributed by atoms with Gasteiger partial charge in [0, 0.05) is 16.2 Å². The fourth-order valence-corrected chi connectivity index (χ4v) is 2.88. The molecular formula is C16H13BrClF3N2O2. The van der Waals surface area contributed by atoms with E-state index in [2.05, 4.69) is 21.2 Å². The topological polar surface area (TPSA) is 51.1 Å². The van der Waals surface area contributed by atoms with Gasteiger partial charge in [0.25, 0.3) is 5.56 Å². The lowest BCUT2D eigenvalue weighted by atomic mass is 10.2. The summed E-state index contributed by atoms with van der Waals surface area (Å²) in [4.78, 5) is 24.5. The number of benzene rings is 1. The quantitative estimate of drug-likeness (QED) is 0.750. The molecule has 1 atom stereocenters. The number of amides is 1. The molecule has 1 aromatic carbocycles. The van der Waals surface area contributed by atoms with Crippen LogP contribution >= 0.6 is 27.5 Å². The van der Waals surface area contributed by atoms with E-state index >= 15 is 0 Å². The minimum absolute atomic E-state index is 0.0358. The van der Waals surface area contributed by atoms with Crippen LogP contribution in [0, 0.1) is 6.92 Å². The highest BCUT2D eigenvalue weighted by molar-refractivity contribution is 9.10. The van der Waals surface area contributed by atoms with E-state index in [0.717, 1.165) is 18.2 Å². The molecule has 9 heteroatoms. The first-order valence-corrected chi connectivity index (χ1v) is 8.23. The van der Waals surface area contributed by atoms with Crippen molar-refractivity contribution in [3.63, 3.8) is 0 Å². The molecule has 1 amide bonds. The summed E-state index contributed by atoms with van der Waals surface area (Å²) in [6.07, 6.45) is -3.12. The van der Waals surface area contributed by atoms with Crippen LogP contribution in [0.25, 0.3) is 0 Å². The molecule has 134 valence electrons. The molecule has 0 saturated carbocycles. The Morgan fingerprint density at radius 3 is 2.56 bits per heavy atom. The van der Waals surface area contributed by atoms with Crippen LogP contribution < -0.4 is 10.9 Å². The van der Waals surface area contributed by atoms with Crippen molar-refractivity contribution in [3.8, 4) is 0 Å². The van der Waals surface area contributed by atoms with Gasteiger partial charge < -0.3 is 9.88 Å². The Morgan fingerprint density at radius 1 is 1.32 bits per heavy atom. The van der Waals surface area contributed by atoms with Crippen molar-refractivity contribution in [3.05, 3.63) is 61.4 Å². The van der Waals surface area contributed by atoms with Gasteiger partial charge in [-0.3, -0.25) is 9.59 Å². The lowest BCUT2D eigenvalue weighted by Crippen LogP contribution is -2.32. The number of alkyl halides is 3. The number of rotatable bonds is 3. The van der Waals surface area contributed by atoms with E-state index in [1.165, 1.54) is 17.7 Å². The Morgan fingerprint density at radius 2 is 1.96 bits per heavy atom. The molecular weight excluding hydrogens is 425 g/mol. The van der Waals surface area contributed by atoms with E-state index in [0.29, 0.717) is 10.0 Å². The van der Waals surface area contributed by atoms with E-state index < -0.39 is 23.7 Å². The van der Waals surface area contributed by atoms with Gasteiger partial charge in [-0.15, -0.1) is 0 Å². The molecule has 0 fully saturated rings. The van der Waals surface area contributed by atoms with Gasteiger partial charge in [-0.25, -0.2) is 0 Å². The highest BCUT2D eigenvalue weighted by Gasteiger charge is 2.31. The number of aryl methyl sites for hydroxylation is 1. The molecule has 0 aliphatic heterocycles. The van der Waals surface area contributed by atoms with Crippen LogP contribution in [-0.2, 0) is 11.0 Å². The normalized spacial score (nSPS) is 12.8. The van der Waals surface area contributed by atoms with Gasteiger partial charge in [0.1, 0.15) is 6.04 Å². The maximum Gasteiger partial charge on any atom is 0.416 e. The standard InChI is InChI=1S/C16H13BrClF3N2O2/c1-8-5-11(17)7-23(15(8)25)9(2)14(24)22-13-6-10(16(19,20)21)3-4-12(13)18/h3-7,9H,1-2H3,(H,22,24). The number of hydrogen-bond donors (Lipinski definition) is 1. The predicted octanol–water partition coefficient (Wildman–Crippen LogP) is 4.79. The minimum atomic E-state index is -4.56. The zero-order valence-electron chi connectivity index (χ0n) is 13.1. The third kappa shape index (κ3) is 4.43. The number of carbonyl (C=O) groups excluding carboxylic acids is 1. The van der Waals surface area contributed by atoms with E-state index in [1.54, 1.807) is 13.0 Å². The smallest absolute Gasteiger partial charge is 0.323 e. The first-order chi connectivity index (χ1) is 11.5. The number of carbonyl (C=O) groups is 1. The Labute approximate surface area is 154 Å². The van der Waals surface area contributed by atoms with E-state index in [1.807, 2.05) is 0 Å². The molecule has 1 unspecified atom stereocenters. The summed E-state index contributed by atoms with van der Waals surface area (Å²) < 4.78 is 40.2. The third-order valence-corrected chi connectivity index (χ3v) is 4.30. The van der Waals surface area contributed by atoms with E-state index in [-0.39, 0.29) is 16.3 Å². The monoisotopic (exact) mass is 436 g/mol. The lowest BCUT2D eigenvalue weighted by Gasteiger charge is -2.17. The van der Waals surface area contributed by atoms with Crippen LogP contribution in [0.2, 0.25) is 5.02 Å². The summed E-state index contributed by atoms with van der Waals surface area (Å²) in [5.41, 5.74) is -1.06. The number of anilines is 1. The van der Waals surface area contributed by atoms with Gasteiger partial charge >= 0.3 is 6.18 Å². The number of aromatic nitrogens is 1. The molecule has 1 aromatic heterocycles. The van der Waals surface area contributed by atoms with Crippen LogP contribution in [0.5, 0.6) is 0 Å². The van der Waals surface area contributed by atoms with Crippen LogP contribution in [-0.4, -0.2) is 10.5 Å². The van der Waals surface area contributed by atoms with Crippen molar-refractivity contribution in [1.82, 2.24) is 4.57 Å². The molecule has 0 aliphatic rings. The number of hydrogen-bond acceptors (Lipinski definition) is 2. The van der Waals surface area contributed by atoms with Gasteiger partial charge in [-0.2, -0.15) is 13.2 Å². The fraction of sp³-hybridized carbons (Fsp3) is 0.250. The van der Waals surface area contributed by atoms with Crippen LogP contribution in [0.3, 0.4) is 0 Å². The van der Waals surface area contributed by atoms with E-state index in [9.17, 15) is 22.8 Å². The maximum absolute atomic E-state index is 12.8. The Hall–Kier alpha value is -1.80. The Balaban J connectivity index is 2.33. The first kappa shape index (κ1) is 19.5. The minimum Gasteiger partial charge on any atom is -0.323 e. The zero-order chi connectivity index (χ0) is 18.9. The number of halogens is 5. The van der Waals surface area contributed by atoms with Crippen molar-refractivity contribution in [2.24, 2.45) is 0 Å². The van der Waals surface area contributed by atoms with Gasteiger partial charge in [0.2, 0.25) is 5.91 Å². The summed E-state index contributed by atoms with van der Waals surface area (Å²) in [6.45, 7) is 3.06. The highest BCUT2D eigenvalue weighted by Crippen LogP contribution is 2.34. The zero-order valence-corrected chi connectivity index (χ0v) is 15.5. The number of pyridine rings is 1. The predicted molar refractivity (Wildman–Crippen MR) is 92.9 cm³/mol. The van der Waals surface area contributed by atoms with Crippen LogP contribution in [0.4, 0.5) is 18.9 Å². The largest absolute Gasteiger partial charge is 0.416 e.